The number of hydrogen-bond donors (Lipinski definition) is 0. The molecule has 0 aromatic heterocycles. The van der Waals surface area contributed by atoms with Gasteiger partial charge in [-0.15, -0.1) is 0 Å². The Morgan fingerprint density at radius 1 is 1.00 bits per heavy atom. The third-order valence-electron chi connectivity index (χ3n) is 2.80. The van der Waals surface area contributed by atoms with Gasteiger partial charge in [0, 0.05) is 5.56 Å². The van der Waals surface area contributed by atoms with Gasteiger partial charge < -0.3 is 14.2 Å². The summed E-state index contributed by atoms with van der Waals surface area (Å²) in [5.74, 6) is -0.507. The van der Waals surface area contributed by atoms with E-state index in [0.717, 1.165) is 0 Å². The second-order valence-electron chi connectivity index (χ2n) is 3.97. The number of hydrogen-bond acceptors (Lipinski definition) is 5. The van der Waals surface area contributed by atoms with E-state index in [1.165, 1.54) is 13.2 Å². The van der Waals surface area contributed by atoms with Crippen molar-refractivity contribution in [2.75, 3.05) is 20.3 Å². The van der Waals surface area contributed by atoms with Crippen LogP contribution in [0.15, 0.2) is 12.1 Å². The van der Waals surface area contributed by atoms with Crippen LogP contribution in [0.4, 0.5) is 0 Å². The highest BCUT2D eigenvalue weighted by molar-refractivity contribution is 5.97. The lowest BCUT2D eigenvalue weighted by Crippen LogP contribution is -2.13. The van der Waals surface area contributed by atoms with Crippen LogP contribution in [0.3, 0.4) is 0 Å². The van der Waals surface area contributed by atoms with E-state index in [1.54, 1.807) is 13.0 Å². The highest BCUT2D eigenvalue weighted by Crippen LogP contribution is 2.29. The number of esters is 2. The zero-order valence-electron chi connectivity index (χ0n) is 12.3. The average molecular weight is 280 g/mol. The molecule has 20 heavy (non-hydrogen) atoms. The molecule has 0 spiro atoms. The molecule has 0 N–H and O–H groups in total. The lowest BCUT2D eigenvalue weighted by molar-refractivity contribution is 0.0521. The van der Waals surface area contributed by atoms with E-state index in [2.05, 4.69) is 0 Å². The fourth-order valence-electron chi connectivity index (χ4n) is 1.96. The SMILES string of the molecule is CCOC(=O)c1ccc(C(=O)OC)c(OCC)c1CC. The highest BCUT2D eigenvalue weighted by atomic mass is 16.5. The number of carbonyl (C=O) groups excluding carboxylic acids is 2. The van der Waals surface area contributed by atoms with Crippen molar-refractivity contribution in [1.82, 2.24) is 0 Å². The highest BCUT2D eigenvalue weighted by Gasteiger charge is 2.22. The molecular formula is C15H20O5. The number of ether oxygens (including phenoxy) is 3. The van der Waals surface area contributed by atoms with E-state index in [4.69, 9.17) is 14.2 Å². The Labute approximate surface area is 118 Å². The van der Waals surface area contributed by atoms with Crippen LogP contribution in [0.1, 0.15) is 47.1 Å². The molecule has 0 radical (unpaired) electrons. The maximum atomic E-state index is 11.9. The molecule has 5 heteroatoms. The van der Waals surface area contributed by atoms with Crippen LogP contribution in [0.25, 0.3) is 0 Å². The number of methoxy groups -OCH3 is 1. The van der Waals surface area contributed by atoms with E-state index >= 15 is 0 Å². The minimum absolute atomic E-state index is 0.296. The summed E-state index contributed by atoms with van der Waals surface area (Å²) in [6, 6.07) is 3.10. The Morgan fingerprint density at radius 2 is 1.65 bits per heavy atom. The molecule has 0 atom stereocenters. The molecule has 110 valence electrons. The van der Waals surface area contributed by atoms with Crippen LogP contribution in [0.2, 0.25) is 0 Å². The Bertz CT molecular complexity index is 493. The van der Waals surface area contributed by atoms with E-state index in [1.807, 2.05) is 13.8 Å². The lowest BCUT2D eigenvalue weighted by atomic mass is 10.00. The second kappa shape index (κ2) is 7.53. The van der Waals surface area contributed by atoms with Crippen molar-refractivity contribution in [2.45, 2.75) is 27.2 Å². The largest absolute Gasteiger partial charge is 0.493 e. The molecule has 0 bridgehead atoms. The molecule has 0 unspecified atom stereocenters. The Morgan fingerprint density at radius 3 is 2.15 bits per heavy atom. The number of rotatable bonds is 6. The topological polar surface area (TPSA) is 61.8 Å². The first kappa shape index (κ1) is 16.0. The molecule has 0 aliphatic carbocycles. The monoisotopic (exact) mass is 280 g/mol. The van der Waals surface area contributed by atoms with Crippen molar-refractivity contribution >= 4 is 11.9 Å². The Balaban J connectivity index is 3.40. The van der Waals surface area contributed by atoms with Crippen LogP contribution in [0, 0.1) is 0 Å². The molecule has 0 saturated carbocycles. The number of benzene rings is 1. The second-order valence-corrected chi connectivity index (χ2v) is 3.97. The molecule has 1 aromatic rings. The van der Waals surface area contributed by atoms with Crippen molar-refractivity contribution in [1.29, 1.82) is 0 Å². The summed E-state index contributed by atoms with van der Waals surface area (Å²) in [5, 5.41) is 0. The molecule has 0 saturated heterocycles. The molecule has 0 aliphatic rings. The van der Waals surface area contributed by atoms with Gasteiger partial charge in [-0.25, -0.2) is 9.59 Å². The first-order valence-electron chi connectivity index (χ1n) is 6.64. The quantitative estimate of drug-likeness (QED) is 0.749. The predicted molar refractivity (Wildman–Crippen MR) is 74.3 cm³/mol. The van der Waals surface area contributed by atoms with Gasteiger partial charge in [0.15, 0.2) is 0 Å². The zero-order chi connectivity index (χ0) is 15.1. The van der Waals surface area contributed by atoms with Crippen LogP contribution in [0.5, 0.6) is 5.75 Å². The fourth-order valence-corrected chi connectivity index (χ4v) is 1.96. The minimum atomic E-state index is -0.487. The van der Waals surface area contributed by atoms with Crippen molar-refractivity contribution in [3.05, 3.63) is 28.8 Å². The molecule has 1 aromatic carbocycles. The fraction of sp³-hybridized carbons (Fsp3) is 0.467. The third kappa shape index (κ3) is 3.29. The van der Waals surface area contributed by atoms with Gasteiger partial charge in [0.25, 0.3) is 0 Å². The summed E-state index contributed by atoms with van der Waals surface area (Å²) in [5.41, 5.74) is 1.40. The standard InChI is InChI=1S/C15H20O5/c1-5-10-11(15(17)20-7-3)8-9-12(14(16)18-4)13(10)19-6-2/h8-9H,5-7H2,1-4H3. The molecular weight excluding hydrogens is 260 g/mol. The molecule has 1 rings (SSSR count). The molecule has 0 amide bonds. The molecule has 0 aliphatic heterocycles. The van der Waals surface area contributed by atoms with Crippen LogP contribution in [-0.2, 0) is 15.9 Å². The van der Waals surface area contributed by atoms with Gasteiger partial charge in [0.1, 0.15) is 11.3 Å². The first-order valence-corrected chi connectivity index (χ1v) is 6.64. The van der Waals surface area contributed by atoms with Crippen LogP contribution < -0.4 is 4.74 Å². The van der Waals surface area contributed by atoms with Crippen molar-refractivity contribution in [3.8, 4) is 5.75 Å². The van der Waals surface area contributed by atoms with Crippen LogP contribution in [-0.4, -0.2) is 32.3 Å². The average Bonchev–Trinajstić information content (AvgIpc) is 2.46. The maximum Gasteiger partial charge on any atom is 0.341 e. The van der Waals surface area contributed by atoms with Gasteiger partial charge in [-0.1, -0.05) is 6.92 Å². The van der Waals surface area contributed by atoms with E-state index in [0.29, 0.717) is 42.1 Å². The Hall–Kier alpha value is -2.04. The summed E-state index contributed by atoms with van der Waals surface area (Å²) in [6.07, 6.45) is 0.550. The van der Waals surface area contributed by atoms with E-state index in [-0.39, 0.29) is 0 Å². The zero-order valence-corrected chi connectivity index (χ0v) is 12.3. The van der Waals surface area contributed by atoms with E-state index in [9.17, 15) is 9.59 Å². The molecule has 0 fully saturated rings. The predicted octanol–water partition coefficient (Wildman–Crippen LogP) is 2.61. The summed E-state index contributed by atoms with van der Waals surface area (Å²) in [6.45, 7) is 6.14. The van der Waals surface area contributed by atoms with Gasteiger partial charge in [-0.3, -0.25) is 0 Å². The van der Waals surface area contributed by atoms with Gasteiger partial charge in [-0.2, -0.15) is 0 Å². The minimum Gasteiger partial charge on any atom is -0.493 e. The van der Waals surface area contributed by atoms with Crippen molar-refractivity contribution < 1.29 is 23.8 Å². The molecule has 0 heterocycles. The lowest BCUT2D eigenvalue weighted by Gasteiger charge is -2.16. The normalized spacial score (nSPS) is 10.0. The maximum absolute atomic E-state index is 11.9. The molecule has 5 nitrogen and oxygen atoms in total. The number of carbonyl (C=O) groups is 2. The summed E-state index contributed by atoms with van der Waals surface area (Å²) >= 11 is 0. The van der Waals surface area contributed by atoms with Gasteiger partial charge >= 0.3 is 11.9 Å². The Kier molecular flexibility index (Phi) is 6.03. The first-order chi connectivity index (χ1) is 9.60. The van der Waals surface area contributed by atoms with Crippen LogP contribution >= 0.6 is 0 Å². The third-order valence-corrected chi connectivity index (χ3v) is 2.80. The summed E-state index contributed by atoms with van der Waals surface area (Å²) < 4.78 is 15.3. The van der Waals surface area contributed by atoms with Crippen molar-refractivity contribution in [3.63, 3.8) is 0 Å². The summed E-state index contributed by atoms with van der Waals surface area (Å²) in [7, 11) is 1.31. The van der Waals surface area contributed by atoms with Crippen molar-refractivity contribution in [2.24, 2.45) is 0 Å². The summed E-state index contributed by atoms with van der Waals surface area (Å²) in [4.78, 5) is 23.7. The smallest absolute Gasteiger partial charge is 0.341 e. The van der Waals surface area contributed by atoms with Gasteiger partial charge in [0.05, 0.1) is 25.9 Å². The van der Waals surface area contributed by atoms with E-state index < -0.39 is 11.9 Å². The van der Waals surface area contributed by atoms with Gasteiger partial charge in [0.2, 0.25) is 0 Å². The van der Waals surface area contributed by atoms with Gasteiger partial charge in [-0.05, 0) is 32.4 Å².